The molecule has 3 heterocycles. The van der Waals surface area contributed by atoms with E-state index in [1.165, 1.54) is 34.6 Å². The van der Waals surface area contributed by atoms with Crippen LogP contribution >= 0.6 is 0 Å². The first-order chi connectivity index (χ1) is 16.5. The molecule has 0 radical (unpaired) electrons. The number of halogens is 3. The van der Waals surface area contributed by atoms with E-state index in [4.69, 9.17) is 0 Å². The van der Waals surface area contributed by atoms with E-state index in [0.29, 0.717) is 22.6 Å². The zero-order valence-electron chi connectivity index (χ0n) is 18.4. The topological polar surface area (TPSA) is 96.7 Å². The van der Waals surface area contributed by atoms with Gasteiger partial charge in [-0.2, -0.15) is 13.2 Å². The van der Waals surface area contributed by atoms with E-state index in [2.05, 4.69) is 15.3 Å². The second-order valence-electron chi connectivity index (χ2n) is 7.75. The molecule has 1 amide bonds. The Morgan fingerprint density at radius 2 is 1.83 bits per heavy atom. The first kappa shape index (κ1) is 24.2. The van der Waals surface area contributed by atoms with Crippen molar-refractivity contribution in [3.63, 3.8) is 0 Å². The molecule has 0 saturated heterocycles. The van der Waals surface area contributed by atoms with Crippen molar-refractivity contribution in [2.75, 3.05) is 10.6 Å². The van der Waals surface area contributed by atoms with Gasteiger partial charge in [0.05, 0.1) is 24.2 Å². The van der Waals surface area contributed by atoms with E-state index in [1.807, 2.05) is 24.4 Å². The highest BCUT2D eigenvalue weighted by molar-refractivity contribution is 7.92. The van der Waals surface area contributed by atoms with Crippen LogP contribution < -0.4 is 9.62 Å². The van der Waals surface area contributed by atoms with Crippen LogP contribution in [0.25, 0.3) is 5.65 Å². The molecule has 4 rings (SSSR count). The predicted molar refractivity (Wildman–Crippen MR) is 123 cm³/mol. The highest BCUT2D eigenvalue weighted by Crippen LogP contribution is 2.27. The van der Waals surface area contributed by atoms with E-state index < -0.39 is 27.8 Å². The van der Waals surface area contributed by atoms with Gasteiger partial charge in [0, 0.05) is 30.7 Å². The van der Waals surface area contributed by atoms with Gasteiger partial charge in [-0.05, 0) is 48.0 Å². The summed E-state index contributed by atoms with van der Waals surface area (Å²) in [6.07, 6.45) is 1.15. The summed E-state index contributed by atoms with van der Waals surface area (Å²) in [7, 11) is -3.65. The Kier molecular flexibility index (Phi) is 6.48. The molecule has 0 aliphatic rings. The van der Waals surface area contributed by atoms with Crippen LogP contribution in [0.5, 0.6) is 0 Å². The monoisotopic (exact) mass is 503 g/mol. The van der Waals surface area contributed by atoms with Gasteiger partial charge >= 0.3 is 6.18 Å². The summed E-state index contributed by atoms with van der Waals surface area (Å²) in [5.74, 6) is -0.470. The molecule has 0 unspecified atom stereocenters. The predicted octanol–water partition coefficient (Wildman–Crippen LogP) is 3.64. The SMILES string of the molecule is CS(=O)(=O)N(Cc1cn2ccccc2n1)c1ccc(C(=O)NCc2ccc(C(F)(F)F)nc2)cc1. The van der Waals surface area contributed by atoms with Crippen LogP contribution in [0.2, 0.25) is 0 Å². The number of amides is 1. The summed E-state index contributed by atoms with van der Waals surface area (Å²) in [6, 6.07) is 13.5. The van der Waals surface area contributed by atoms with Crippen LogP contribution in [0.4, 0.5) is 18.9 Å². The molecule has 1 aromatic carbocycles. The summed E-state index contributed by atoms with van der Waals surface area (Å²) >= 11 is 0. The molecule has 0 fully saturated rings. The molecule has 0 spiro atoms. The van der Waals surface area contributed by atoms with Gasteiger partial charge in [-0.1, -0.05) is 12.1 Å². The van der Waals surface area contributed by atoms with Crippen LogP contribution in [0.15, 0.2) is 73.2 Å². The van der Waals surface area contributed by atoms with E-state index in [1.54, 1.807) is 10.6 Å². The van der Waals surface area contributed by atoms with E-state index in [0.717, 1.165) is 18.5 Å². The molecule has 35 heavy (non-hydrogen) atoms. The van der Waals surface area contributed by atoms with Gasteiger partial charge in [-0.3, -0.25) is 14.1 Å². The number of rotatable bonds is 7. The molecule has 1 N–H and O–H groups in total. The van der Waals surface area contributed by atoms with Crippen molar-refractivity contribution in [3.8, 4) is 0 Å². The smallest absolute Gasteiger partial charge is 0.348 e. The number of carbonyl (C=O) groups is 1. The fourth-order valence-corrected chi connectivity index (χ4v) is 4.24. The minimum atomic E-state index is -4.53. The van der Waals surface area contributed by atoms with Crippen LogP contribution in [-0.4, -0.2) is 34.9 Å². The van der Waals surface area contributed by atoms with Gasteiger partial charge < -0.3 is 9.72 Å². The van der Waals surface area contributed by atoms with Gasteiger partial charge in [0.2, 0.25) is 10.0 Å². The van der Waals surface area contributed by atoms with Crippen molar-refractivity contribution in [2.45, 2.75) is 19.3 Å². The third-order valence-corrected chi connectivity index (χ3v) is 6.25. The molecule has 182 valence electrons. The van der Waals surface area contributed by atoms with Crippen LogP contribution in [-0.2, 0) is 29.3 Å². The molecule has 3 aromatic heterocycles. The van der Waals surface area contributed by atoms with Crippen molar-refractivity contribution < 1.29 is 26.4 Å². The zero-order chi connectivity index (χ0) is 25.2. The average Bonchev–Trinajstić information content (AvgIpc) is 3.23. The zero-order valence-corrected chi connectivity index (χ0v) is 19.2. The second kappa shape index (κ2) is 9.37. The summed E-state index contributed by atoms with van der Waals surface area (Å²) in [5, 5.41) is 2.60. The first-order valence-corrected chi connectivity index (χ1v) is 12.2. The lowest BCUT2D eigenvalue weighted by atomic mass is 10.2. The number of hydrogen-bond donors (Lipinski definition) is 1. The Hall–Kier alpha value is -3.93. The maximum atomic E-state index is 12.6. The largest absolute Gasteiger partial charge is 0.433 e. The highest BCUT2D eigenvalue weighted by Gasteiger charge is 2.32. The quantitative estimate of drug-likeness (QED) is 0.415. The van der Waals surface area contributed by atoms with E-state index in [-0.39, 0.29) is 18.7 Å². The molecule has 0 saturated carbocycles. The molecule has 0 aliphatic heterocycles. The third kappa shape index (κ3) is 5.77. The second-order valence-corrected chi connectivity index (χ2v) is 9.65. The standard InChI is InChI=1S/C23H20F3N5O3S/c1-35(33,34)31(15-18-14-30-11-3-2-4-21(30)29-18)19-8-6-17(7-9-19)22(32)28-13-16-5-10-20(27-12-16)23(24,25)26/h2-12,14H,13,15H2,1H3,(H,28,32). The van der Waals surface area contributed by atoms with Crippen molar-refractivity contribution in [2.24, 2.45) is 0 Å². The lowest BCUT2D eigenvalue weighted by Crippen LogP contribution is -2.29. The van der Waals surface area contributed by atoms with Crippen molar-refractivity contribution >= 4 is 27.3 Å². The van der Waals surface area contributed by atoms with E-state index >= 15 is 0 Å². The Balaban J connectivity index is 1.45. The number of pyridine rings is 2. The minimum Gasteiger partial charge on any atom is -0.348 e. The molecular formula is C23H20F3N5O3S. The van der Waals surface area contributed by atoms with Crippen LogP contribution in [0.1, 0.15) is 27.3 Å². The molecule has 0 aliphatic carbocycles. The summed E-state index contributed by atoms with van der Waals surface area (Å²) in [4.78, 5) is 20.2. The lowest BCUT2D eigenvalue weighted by molar-refractivity contribution is -0.141. The van der Waals surface area contributed by atoms with Gasteiger partial charge in [0.1, 0.15) is 11.3 Å². The minimum absolute atomic E-state index is 0.00692. The molecule has 0 bridgehead atoms. The number of aromatic nitrogens is 3. The van der Waals surface area contributed by atoms with Crippen molar-refractivity contribution in [3.05, 3.63) is 95.7 Å². The van der Waals surface area contributed by atoms with Crippen molar-refractivity contribution in [1.82, 2.24) is 19.7 Å². The summed E-state index contributed by atoms with van der Waals surface area (Å²) in [6.45, 7) is -0.0119. The highest BCUT2D eigenvalue weighted by atomic mass is 32.2. The summed E-state index contributed by atoms with van der Waals surface area (Å²) in [5.41, 5.74) is 1.24. The Morgan fingerprint density at radius 3 is 2.43 bits per heavy atom. The molecule has 4 aromatic rings. The number of carbonyl (C=O) groups excluding carboxylic acids is 1. The molecular weight excluding hydrogens is 483 g/mol. The Labute approximate surface area is 199 Å². The maximum Gasteiger partial charge on any atom is 0.433 e. The maximum absolute atomic E-state index is 12.6. The number of hydrogen-bond acceptors (Lipinski definition) is 5. The normalized spacial score (nSPS) is 12.0. The fraction of sp³-hybridized carbons (Fsp3) is 0.174. The van der Waals surface area contributed by atoms with Gasteiger partial charge in [0.25, 0.3) is 5.91 Å². The van der Waals surface area contributed by atoms with Crippen LogP contribution in [0, 0.1) is 0 Å². The van der Waals surface area contributed by atoms with Gasteiger partial charge in [-0.15, -0.1) is 0 Å². The molecule has 12 heteroatoms. The van der Waals surface area contributed by atoms with Gasteiger partial charge in [0.15, 0.2) is 0 Å². The number of sulfonamides is 1. The number of fused-ring (bicyclic) bond motifs is 1. The molecule has 0 atom stereocenters. The number of imidazole rings is 1. The Morgan fingerprint density at radius 1 is 1.09 bits per heavy atom. The van der Waals surface area contributed by atoms with Gasteiger partial charge in [-0.25, -0.2) is 13.4 Å². The third-order valence-electron chi connectivity index (χ3n) is 5.11. The first-order valence-electron chi connectivity index (χ1n) is 10.3. The number of nitrogens with zero attached hydrogens (tertiary/aromatic N) is 4. The lowest BCUT2D eigenvalue weighted by Gasteiger charge is -2.21. The summed E-state index contributed by atoms with van der Waals surface area (Å²) < 4.78 is 65.7. The van der Waals surface area contributed by atoms with E-state index in [9.17, 15) is 26.4 Å². The number of anilines is 1. The number of alkyl halides is 3. The number of benzene rings is 1. The molecule has 8 nitrogen and oxygen atoms in total. The fourth-order valence-electron chi connectivity index (χ4n) is 3.37. The number of nitrogens with one attached hydrogen (secondary N) is 1. The van der Waals surface area contributed by atoms with Crippen molar-refractivity contribution in [1.29, 1.82) is 0 Å². The average molecular weight is 504 g/mol. The Bertz CT molecular complexity index is 1420. The van der Waals surface area contributed by atoms with Crippen LogP contribution in [0.3, 0.4) is 0 Å².